The predicted octanol–water partition coefficient (Wildman–Crippen LogP) is 0.884. The van der Waals surface area contributed by atoms with Crippen LogP contribution < -0.4 is 5.32 Å². The number of nitrogens with one attached hydrogen (secondary N) is 1. The number of amides is 2. The third-order valence-corrected chi connectivity index (χ3v) is 5.16. The number of hydrogen-bond acceptors (Lipinski definition) is 7. The van der Waals surface area contributed by atoms with Crippen molar-refractivity contribution in [2.45, 2.75) is 76.9 Å². The van der Waals surface area contributed by atoms with Crippen LogP contribution in [-0.2, 0) is 14.3 Å². The number of likely N-dealkylation sites (tertiary alicyclic amines) is 1. The summed E-state index contributed by atoms with van der Waals surface area (Å²) >= 11 is 0. The zero-order valence-electron chi connectivity index (χ0n) is 19.3. The Labute approximate surface area is 189 Å². The lowest BCUT2D eigenvalue weighted by Crippen LogP contribution is -2.55. The Morgan fingerprint density at radius 1 is 1.34 bits per heavy atom. The van der Waals surface area contributed by atoms with E-state index in [2.05, 4.69) is 15.3 Å². The van der Waals surface area contributed by atoms with E-state index in [-0.39, 0.29) is 17.9 Å². The van der Waals surface area contributed by atoms with Crippen molar-refractivity contribution in [1.82, 2.24) is 10.2 Å². The summed E-state index contributed by atoms with van der Waals surface area (Å²) in [5.74, 6) is -1.00. The van der Waals surface area contributed by atoms with Gasteiger partial charge in [-0.05, 0) is 36.6 Å². The summed E-state index contributed by atoms with van der Waals surface area (Å²) < 4.78 is 5.09. The molecule has 0 saturated carbocycles. The molecule has 11 nitrogen and oxygen atoms in total. The fraction of sp³-hybridized carbons (Fsp3) is 0.810. The number of aliphatic hydroxyl groups excluding tert-OH is 3. The van der Waals surface area contributed by atoms with Gasteiger partial charge in [-0.1, -0.05) is 38.0 Å². The van der Waals surface area contributed by atoms with Crippen molar-refractivity contribution >= 4 is 11.8 Å². The smallest absolute Gasteiger partial charge is 0.252 e. The Morgan fingerprint density at radius 3 is 2.62 bits per heavy atom. The molecule has 1 heterocycles. The van der Waals surface area contributed by atoms with Gasteiger partial charge in [-0.15, -0.1) is 0 Å². The monoisotopic (exact) mass is 455 g/mol. The molecule has 0 spiro atoms. The Morgan fingerprint density at radius 2 is 2.03 bits per heavy atom. The Kier molecular flexibility index (Phi) is 11.7. The van der Waals surface area contributed by atoms with Gasteiger partial charge in [0.25, 0.3) is 5.91 Å². The first-order valence-corrected chi connectivity index (χ1v) is 10.9. The van der Waals surface area contributed by atoms with E-state index in [1.807, 2.05) is 20.8 Å². The number of carbonyl (C=O) groups is 2. The molecule has 1 rings (SSSR count). The van der Waals surface area contributed by atoms with Crippen LogP contribution in [0, 0.1) is 5.41 Å². The first-order chi connectivity index (χ1) is 15.0. The molecule has 0 unspecified atom stereocenters. The third-order valence-electron chi connectivity index (χ3n) is 5.16. The van der Waals surface area contributed by atoms with Gasteiger partial charge in [-0.25, -0.2) is 0 Å². The van der Waals surface area contributed by atoms with E-state index >= 15 is 0 Å². The molecule has 0 bridgehead atoms. The summed E-state index contributed by atoms with van der Waals surface area (Å²) in [7, 11) is 1.20. The minimum absolute atomic E-state index is 0.240. The maximum absolute atomic E-state index is 12.9. The standard InChI is InChI=1S/C21H37N5O6/c1-21(2,3)10-9-15(27)16(28)17(29)18(32-4)19(30)24-14-8-5-6-12-26(20(14)31)13-7-11-23-25-22/h9-10,14-18,27-29H,5-8,11-13H2,1-4H3,(H,24,30)/t14-,15+,16-,17+,18+/m0/s1. The van der Waals surface area contributed by atoms with Crippen molar-refractivity contribution in [2.24, 2.45) is 10.5 Å². The number of nitrogens with zero attached hydrogens (tertiary/aromatic N) is 4. The van der Waals surface area contributed by atoms with Crippen LogP contribution in [0.4, 0.5) is 0 Å². The molecule has 182 valence electrons. The molecular weight excluding hydrogens is 418 g/mol. The predicted molar refractivity (Wildman–Crippen MR) is 118 cm³/mol. The van der Waals surface area contributed by atoms with Crippen molar-refractivity contribution in [3.8, 4) is 0 Å². The molecule has 0 aliphatic carbocycles. The van der Waals surface area contributed by atoms with E-state index in [0.29, 0.717) is 25.9 Å². The van der Waals surface area contributed by atoms with E-state index in [0.717, 1.165) is 12.8 Å². The summed E-state index contributed by atoms with van der Waals surface area (Å²) in [6.45, 7) is 6.96. The number of hydrogen-bond donors (Lipinski definition) is 4. The molecule has 1 aliphatic rings. The van der Waals surface area contributed by atoms with E-state index < -0.39 is 36.4 Å². The van der Waals surface area contributed by atoms with Crippen molar-refractivity contribution in [3.05, 3.63) is 22.6 Å². The molecule has 2 amide bonds. The van der Waals surface area contributed by atoms with Gasteiger partial charge in [0.05, 0.1) is 0 Å². The molecule has 5 atom stereocenters. The second-order valence-electron chi connectivity index (χ2n) is 9.04. The van der Waals surface area contributed by atoms with Crippen LogP contribution in [0.25, 0.3) is 10.4 Å². The lowest BCUT2D eigenvalue weighted by molar-refractivity contribution is -0.151. The molecule has 0 aromatic carbocycles. The van der Waals surface area contributed by atoms with Gasteiger partial charge in [0.15, 0.2) is 6.10 Å². The minimum Gasteiger partial charge on any atom is -0.387 e. The second-order valence-corrected chi connectivity index (χ2v) is 9.04. The lowest BCUT2D eigenvalue weighted by Gasteiger charge is -2.29. The highest BCUT2D eigenvalue weighted by molar-refractivity contribution is 5.89. The van der Waals surface area contributed by atoms with Crippen LogP contribution in [0.5, 0.6) is 0 Å². The summed E-state index contributed by atoms with van der Waals surface area (Å²) in [6, 6.07) is -0.794. The average molecular weight is 456 g/mol. The summed E-state index contributed by atoms with van der Waals surface area (Å²) in [5, 5.41) is 37.0. The molecule has 4 N–H and O–H groups in total. The number of allylic oxidation sites excluding steroid dienone is 1. The van der Waals surface area contributed by atoms with Crippen LogP contribution in [0.2, 0.25) is 0 Å². The van der Waals surface area contributed by atoms with Gasteiger partial charge in [-0.3, -0.25) is 9.59 Å². The Balaban J connectivity index is 2.79. The van der Waals surface area contributed by atoms with Crippen LogP contribution >= 0.6 is 0 Å². The first-order valence-electron chi connectivity index (χ1n) is 10.9. The summed E-state index contributed by atoms with van der Waals surface area (Å²) in [6.07, 6.45) is -0.739. The van der Waals surface area contributed by atoms with Crippen LogP contribution in [0.1, 0.15) is 46.5 Å². The quantitative estimate of drug-likeness (QED) is 0.119. The maximum atomic E-state index is 12.9. The van der Waals surface area contributed by atoms with Crippen LogP contribution in [0.15, 0.2) is 17.3 Å². The normalized spacial score (nSPS) is 21.4. The SMILES string of the molecule is CO[C@@H](C(=O)N[C@H]1CCCCN(CCCN=[N+]=[N-])C1=O)[C@H](O)[C@@H](O)[C@H](O)C=CC(C)(C)C. The van der Waals surface area contributed by atoms with Gasteiger partial charge in [0.2, 0.25) is 5.91 Å². The third kappa shape index (κ3) is 9.13. The van der Waals surface area contributed by atoms with E-state index in [1.165, 1.54) is 13.2 Å². The zero-order valence-corrected chi connectivity index (χ0v) is 19.3. The van der Waals surface area contributed by atoms with Crippen molar-refractivity contribution in [2.75, 3.05) is 26.7 Å². The topological polar surface area (TPSA) is 168 Å². The van der Waals surface area contributed by atoms with Crippen LogP contribution in [-0.4, -0.2) is 89.2 Å². The highest BCUT2D eigenvalue weighted by atomic mass is 16.5. The molecule has 0 aromatic heterocycles. The van der Waals surface area contributed by atoms with Gasteiger partial charge in [0, 0.05) is 31.7 Å². The van der Waals surface area contributed by atoms with Gasteiger partial charge in [0.1, 0.15) is 24.4 Å². The number of azide groups is 1. The number of aliphatic hydroxyl groups is 3. The largest absolute Gasteiger partial charge is 0.387 e. The van der Waals surface area contributed by atoms with Gasteiger partial charge >= 0.3 is 0 Å². The van der Waals surface area contributed by atoms with E-state index in [1.54, 1.807) is 11.0 Å². The molecule has 0 radical (unpaired) electrons. The summed E-state index contributed by atoms with van der Waals surface area (Å²) in [4.78, 5) is 29.9. The first kappa shape index (κ1) is 27.9. The molecule has 32 heavy (non-hydrogen) atoms. The van der Waals surface area contributed by atoms with E-state index in [4.69, 9.17) is 10.3 Å². The van der Waals surface area contributed by atoms with Crippen molar-refractivity contribution in [3.63, 3.8) is 0 Å². The highest BCUT2D eigenvalue weighted by Gasteiger charge is 2.37. The molecular formula is C21H37N5O6. The Hall–Kier alpha value is -2.17. The number of carbonyl (C=O) groups excluding carboxylic acids is 2. The fourth-order valence-electron chi connectivity index (χ4n) is 3.38. The highest BCUT2D eigenvalue weighted by Crippen LogP contribution is 2.18. The fourth-order valence-corrected chi connectivity index (χ4v) is 3.38. The Bertz CT molecular complexity index is 689. The van der Waals surface area contributed by atoms with Crippen molar-refractivity contribution < 1.29 is 29.6 Å². The van der Waals surface area contributed by atoms with E-state index in [9.17, 15) is 24.9 Å². The zero-order chi connectivity index (χ0) is 24.3. The second kappa shape index (κ2) is 13.4. The number of rotatable bonds is 11. The molecule has 1 aliphatic heterocycles. The van der Waals surface area contributed by atoms with Crippen LogP contribution in [0.3, 0.4) is 0 Å². The number of methoxy groups -OCH3 is 1. The molecule has 11 heteroatoms. The average Bonchev–Trinajstić information content (AvgIpc) is 2.90. The van der Waals surface area contributed by atoms with Gasteiger partial charge in [-0.2, -0.15) is 0 Å². The lowest BCUT2D eigenvalue weighted by atomic mass is 9.94. The molecule has 1 fully saturated rings. The summed E-state index contributed by atoms with van der Waals surface area (Å²) in [5.41, 5.74) is 8.12. The number of ether oxygens (including phenoxy) is 1. The molecule has 1 saturated heterocycles. The molecule has 0 aromatic rings. The minimum atomic E-state index is -1.71. The van der Waals surface area contributed by atoms with Crippen molar-refractivity contribution in [1.29, 1.82) is 0 Å². The maximum Gasteiger partial charge on any atom is 0.252 e. The van der Waals surface area contributed by atoms with Gasteiger partial charge < -0.3 is 30.3 Å².